The van der Waals surface area contributed by atoms with Gasteiger partial charge in [0.15, 0.2) is 0 Å². The minimum Gasteiger partial charge on any atom is -0.432 e. The predicted octanol–water partition coefficient (Wildman–Crippen LogP) is 4.30. The maximum atomic E-state index is 13.1. The monoisotopic (exact) mass is 306 g/mol. The summed E-state index contributed by atoms with van der Waals surface area (Å²) in [4.78, 5) is 13.1. The molecule has 3 nitrogen and oxygen atoms in total. The van der Waals surface area contributed by atoms with Crippen LogP contribution in [0.1, 0.15) is 72.6 Å². The molecule has 0 bridgehead atoms. The fourth-order valence-electron chi connectivity index (χ4n) is 6.34. The Bertz CT molecular complexity index is 501. The minimum atomic E-state index is -0.656. The highest BCUT2D eigenvalue weighted by Gasteiger charge is 2.76. The van der Waals surface area contributed by atoms with Crippen LogP contribution in [-0.4, -0.2) is 17.4 Å². The van der Waals surface area contributed by atoms with Gasteiger partial charge in [-0.15, -0.1) is 0 Å². The van der Waals surface area contributed by atoms with Gasteiger partial charge in [-0.2, -0.15) is 0 Å². The first-order valence-corrected chi connectivity index (χ1v) is 9.27. The Morgan fingerprint density at radius 2 is 1.95 bits per heavy atom. The van der Waals surface area contributed by atoms with Gasteiger partial charge < -0.3 is 9.47 Å². The molecule has 4 fully saturated rings. The normalized spacial score (nSPS) is 53.9. The topological polar surface area (TPSA) is 35.5 Å². The molecular weight excluding hydrogens is 276 g/mol. The summed E-state index contributed by atoms with van der Waals surface area (Å²) >= 11 is 0. The summed E-state index contributed by atoms with van der Waals surface area (Å²) < 4.78 is 13.0. The van der Waals surface area contributed by atoms with Crippen LogP contribution in [0.15, 0.2) is 0 Å². The summed E-state index contributed by atoms with van der Waals surface area (Å²) in [5.41, 5.74) is -0.603. The molecule has 3 aliphatic carbocycles. The fourth-order valence-corrected chi connectivity index (χ4v) is 6.34. The Labute approximate surface area is 134 Å². The smallest absolute Gasteiger partial charge is 0.317 e. The SMILES string of the molecule is CC(C)[C@@H]1CC[C@@H](C)C[C@]12OC(=O)[C@@]13CCC[C@@H]1C[C@@]3(C)O2. The summed E-state index contributed by atoms with van der Waals surface area (Å²) in [6, 6.07) is 0. The van der Waals surface area contributed by atoms with E-state index in [0.717, 1.165) is 32.1 Å². The van der Waals surface area contributed by atoms with Crippen LogP contribution in [0.2, 0.25) is 0 Å². The van der Waals surface area contributed by atoms with E-state index in [1.807, 2.05) is 0 Å². The van der Waals surface area contributed by atoms with E-state index in [9.17, 15) is 4.79 Å². The van der Waals surface area contributed by atoms with Crippen molar-refractivity contribution >= 4 is 5.97 Å². The van der Waals surface area contributed by atoms with Crippen molar-refractivity contribution in [3.8, 4) is 0 Å². The van der Waals surface area contributed by atoms with Gasteiger partial charge in [-0.25, -0.2) is 0 Å². The Morgan fingerprint density at radius 1 is 1.18 bits per heavy atom. The average Bonchev–Trinajstić information content (AvgIpc) is 2.75. The van der Waals surface area contributed by atoms with Crippen molar-refractivity contribution in [2.24, 2.45) is 29.1 Å². The molecule has 6 atom stereocenters. The molecule has 0 unspecified atom stereocenters. The van der Waals surface area contributed by atoms with Crippen LogP contribution in [0.3, 0.4) is 0 Å². The van der Waals surface area contributed by atoms with E-state index in [1.165, 1.54) is 12.8 Å². The van der Waals surface area contributed by atoms with Crippen molar-refractivity contribution in [3.05, 3.63) is 0 Å². The highest BCUT2D eigenvalue weighted by molar-refractivity contribution is 5.82. The molecule has 0 aromatic rings. The molecule has 1 aliphatic heterocycles. The number of carbonyl (C=O) groups is 1. The van der Waals surface area contributed by atoms with Crippen LogP contribution in [0.4, 0.5) is 0 Å². The highest BCUT2D eigenvalue weighted by Crippen LogP contribution is 2.70. The number of carbonyl (C=O) groups excluding carboxylic acids is 1. The van der Waals surface area contributed by atoms with Gasteiger partial charge in [-0.1, -0.05) is 27.2 Å². The average molecular weight is 306 g/mol. The quantitative estimate of drug-likeness (QED) is 0.678. The van der Waals surface area contributed by atoms with Crippen molar-refractivity contribution in [1.82, 2.24) is 0 Å². The first kappa shape index (κ1) is 15.0. The summed E-state index contributed by atoms with van der Waals surface area (Å²) in [5, 5.41) is 0. The van der Waals surface area contributed by atoms with Crippen LogP contribution < -0.4 is 0 Å². The van der Waals surface area contributed by atoms with Gasteiger partial charge in [0, 0.05) is 12.3 Å². The molecule has 0 aromatic carbocycles. The first-order chi connectivity index (χ1) is 10.3. The second-order valence-corrected chi connectivity index (χ2v) is 9.04. The zero-order chi connectivity index (χ0) is 15.8. The first-order valence-electron chi connectivity index (χ1n) is 9.27. The number of ether oxygens (including phenoxy) is 2. The van der Waals surface area contributed by atoms with E-state index < -0.39 is 5.79 Å². The summed E-state index contributed by atoms with van der Waals surface area (Å²) in [5.74, 6) is 1.30. The Balaban J connectivity index is 1.71. The lowest BCUT2D eigenvalue weighted by atomic mass is 9.50. The predicted molar refractivity (Wildman–Crippen MR) is 84.0 cm³/mol. The molecule has 0 aromatic heterocycles. The molecule has 3 saturated carbocycles. The van der Waals surface area contributed by atoms with Gasteiger partial charge in [0.05, 0.1) is 11.0 Å². The van der Waals surface area contributed by atoms with Crippen LogP contribution in [-0.2, 0) is 14.3 Å². The third-order valence-corrected chi connectivity index (χ3v) is 7.40. The van der Waals surface area contributed by atoms with E-state index >= 15 is 0 Å². The molecule has 3 heteroatoms. The molecule has 4 rings (SSSR count). The lowest BCUT2D eigenvalue weighted by Gasteiger charge is -2.66. The maximum absolute atomic E-state index is 13.1. The lowest BCUT2D eigenvalue weighted by Crippen LogP contribution is -2.74. The van der Waals surface area contributed by atoms with E-state index in [-0.39, 0.29) is 17.0 Å². The van der Waals surface area contributed by atoms with Gasteiger partial charge in [0.25, 0.3) is 0 Å². The summed E-state index contributed by atoms with van der Waals surface area (Å²) in [6.45, 7) is 8.94. The minimum absolute atomic E-state index is 0.0646. The fraction of sp³-hybridized carbons (Fsp3) is 0.947. The third kappa shape index (κ3) is 1.64. The molecule has 0 radical (unpaired) electrons. The standard InChI is InChI=1S/C19H30O3/c1-12(2)15-8-7-13(3)10-19(15)21-16(20)18-9-5-6-14(18)11-17(18,4)22-19/h12-15H,5-11H2,1-4H3/t13-,14-,15+,17-,18-,19-/m1/s1. The summed E-state index contributed by atoms with van der Waals surface area (Å²) in [6.07, 6.45) is 7.53. The largest absolute Gasteiger partial charge is 0.432 e. The van der Waals surface area contributed by atoms with Gasteiger partial charge >= 0.3 is 5.97 Å². The second kappa shape index (κ2) is 4.49. The molecule has 0 amide bonds. The maximum Gasteiger partial charge on any atom is 0.317 e. The molecule has 1 saturated heterocycles. The van der Waals surface area contributed by atoms with Crippen molar-refractivity contribution in [3.63, 3.8) is 0 Å². The number of hydrogen-bond donors (Lipinski definition) is 0. The van der Waals surface area contributed by atoms with Gasteiger partial charge in [0.1, 0.15) is 0 Å². The Kier molecular flexibility index (Phi) is 3.06. The number of hydrogen-bond acceptors (Lipinski definition) is 3. The van der Waals surface area contributed by atoms with E-state index in [4.69, 9.17) is 9.47 Å². The zero-order valence-corrected chi connectivity index (χ0v) is 14.5. The molecule has 0 N–H and O–H groups in total. The van der Waals surface area contributed by atoms with Crippen molar-refractivity contribution in [2.75, 3.05) is 0 Å². The van der Waals surface area contributed by atoms with Crippen molar-refractivity contribution in [1.29, 1.82) is 0 Å². The summed E-state index contributed by atoms with van der Waals surface area (Å²) in [7, 11) is 0. The molecule has 124 valence electrons. The molecular formula is C19H30O3. The van der Waals surface area contributed by atoms with Crippen molar-refractivity contribution in [2.45, 2.75) is 84.0 Å². The van der Waals surface area contributed by atoms with Crippen LogP contribution in [0.5, 0.6) is 0 Å². The van der Waals surface area contributed by atoms with Gasteiger partial charge in [-0.3, -0.25) is 4.79 Å². The van der Waals surface area contributed by atoms with Crippen LogP contribution in [0, 0.1) is 29.1 Å². The zero-order valence-electron chi connectivity index (χ0n) is 14.5. The molecule has 1 heterocycles. The van der Waals surface area contributed by atoms with Crippen molar-refractivity contribution < 1.29 is 14.3 Å². The lowest BCUT2D eigenvalue weighted by molar-refractivity contribution is -0.399. The van der Waals surface area contributed by atoms with E-state index in [0.29, 0.717) is 23.7 Å². The molecule has 4 aliphatic rings. The molecule has 2 spiro atoms. The van der Waals surface area contributed by atoms with Crippen LogP contribution in [0.25, 0.3) is 0 Å². The third-order valence-electron chi connectivity index (χ3n) is 7.40. The molecule has 22 heavy (non-hydrogen) atoms. The second-order valence-electron chi connectivity index (χ2n) is 9.04. The number of rotatable bonds is 1. The highest BCUT2D eigenvalue weighted by atomic mass is 16.7. The van der Waals surface area contributed by atoms with E-state index in [2.05, 4.69) is 27.7 Å². The van der Waals surface area contributed by atoms with Gasteiger partial charge in [-0.05, 0) is 56.8 Å². The van der Waals surface area contributed by atoms with E-state index in [1.54, 1.807) is 0 Å². The Hall–Kier alpha value is -0.570. The van der Waals surface area contributed by atoms with Crippen LogP contribution >= 0.6 is 0 Å². The number of esters is 1. The van der Waals surface area contributed by atoms with Gasteiger partial charge in [0.2, 0.25) is 5.79 Å². The Morgan fingerprint density at radius 3 is 2.59 bits per heavy atom.